The van der Waals surface area contributed by atoms with Crippen LogP contribution in [0.2, 0.25) is 0 Å². The molecular weight excluding hydrogens is 144 g/mol. The first-order valence-corrected chi connectivity index (χ1v) is 3.43. The molecule has 0 saturated heterocycles. The van der Waals surface area contributed by atoms with Crippen molar-refractivity contribution in [2.45, 2.75) is 6.42 Å². The molecule has 0 aliphatic heterocycles. The molecule has 0 unspecified atom stereocenters. The van der Waals surface area contributed by atoms with Gasteiger partial charge in [0.05, 0.1) is 12.8 Å². The maximum atomic E-state index is 8.43. The lowest BCUT2D eigenvalue weighted by Crippen LogP contribution is -2.00. The van der Waals surface area contributed by atoms with Gasteiger partial charge in [-0.05, 0) is 0 Å². The van der Waals surface area contributed by atoms with Crippen LogP contribution < -0.4 is 4.74 Å². The third-order valence-electron chi connectivity index (χ3n) is 1.09. The first-order valence-electron chi connectivity index (χ1n) is 3.43. The molecular formula is C7H10N2O2. The Morgan fingerprint density at radius 1 is 1.45 bits per heavy atom. The fourth-order valence-electron chi connectivity index (χ4n) is 0.601. The second-order valence-electron chi connectivity index (χ2n) is 1.97. The molecule has 1 aromatic rings. The molecule has 0 saturated carbocycles. The number of nitrogens with zero attached hydrogens (tertiary/aromatic N) is 2. The van der Waals surface area contributed by atoms with Crippen LogP contribution in [0.1, 0.15) is 6.42 Å². The molecule has 0 fully saturated rings. The summed E-state index contributed by atoms with van der Waals surface area (Å²) in [5.74, 6) is 0.501. The van der Waals surface area contributed by atoms with Crippen LogP contribution in [0.15, 0.2) is 18.6 Å². The summed E-state index contributed by atoms with van der Waals surface area (Å²) in [5, 5.41) is 8.43. The zero-order valence-electron chi connectivity index (χ0n) is 6.10. The van der Waals surface area contributed by atoms with E-state index in [1.54, 1.807) is 12.4 Å². The Bertz CT molecular complexity index is 191. The Hall–Kier alpha value is -1.16. The Morgan fingerprint density at radius 3 is 3.00 bits per heavy atom. The van der Waals surface area contributed by atoms with Crippen molar-refractivity contribution in [3.8, 4) is 5.88 Å². The number of aromatic nitrogens is 2. The summed E-state index contributed by atoms with van der Waals surface area (Å²) >= 11 is 0. The van der Waals surface area contributed by atoms with E-state index in [0.717, 1.165) is 0 Å². The largest absolute Gasteiger partial charge is 0.476 e. The minimum atomic E-state index is 0.139. The van der Waals surface area contributed by atoms with Crippen LogP contribution >= 0.6 is 0 Å². The normalized spacial score (nSPS) is 9.55. The summed E-state index contributed by atoms with van der Waals surface area (Å²) in [4.78, 5) is 7.70. The van der Waals surface area contributed by atoms with Crippen molar-refractivity contribution in [2.24, 2.45) is 0 Å². The van der Waals surface area contributed by atoms with Crippen molar-refractivity contribution in [2.75, 3.05) is 13.2 Å². The molecule has 0 aromatic carbocycles. The summed E-state index contributed by atoms with van der Waals surface area (Å²) in [6.45, 7) is 0.620. The Balaban J connectivity index is 2.28. The highest BCUT2D eigenvalue weighted by molar-refractivity contribution is 5.00. The van der Waals surface area contributed by atoms with Gasteiger partial charge in [-0.15, -0.1) is 0 Å². The zero-order valence-corrected chi connectivity index (χ0v) is 6.10. The van der Waals surface area contributed by atoms with Crippen LogP contribution in [0.25, 0.3) is 0 Å². The molecule has 0 amide bonds. The fraction of sp³-hybridized carbons (Fsp3) is 0.429. The SMILES string of the molecule is OCCCOc1cnccn1. The van der Waals surface area contributed by atoms with Crippen molar-refractivity contribution in [1.29, 1.82) is 0 Å². The van der Waals surface area contributed by atoms with E-state index in [9.17, 15) is 0 Å². The fourth-order valence-corrected chi connectivity index (χ4v) is 0.601. The van der Waals surface area contributed by atoms with E-state index in [-0.39, 0.29) is 6.61 Å². The molecule has 11 heavy (non-hydrogen) atoms. The zero-order chi connectivity index (χ0) is 7.94. The lowest BCUT2D eigenvalue weighted by molar-refractivity contribution is 0.229. The highest BCUT2D eigenvalue weighted by Crippen LogP contribution is 2.00. The standard InChI is InChI=1S/C7H10N2O2/c10-4-1-5-11-7-6-8-2-3-9-7/h2-3,6,10H,1,4-5H2. The van der Waals surface area contributed by atoms with E-state index < -0.39 is 0 Å². The van der Waals surface area contributed by atoms with E-state index in [1.807, 2.05) is 0 Å². The van der Waals surface area contributed by atoms with Crippen molar-refractivity contribution in [3.05, 3.63) is 18.6 Å². The number of aliphatic hydroxyl groups excluding tert-OH is 1. The monoisotopic (exact) mass is 154 g/mol. The Labute approximate surface area is 64.9 Å². The summed E-state index contributed by atoms with van der Waals surface area (Å²) in [6.07, 6.45) is 5.31. The second-order valence-corrected chi connectivity index (χ2v) is 1.97. The third-order valence-corrected chi connectivity index (χ3v) is 1.09. The van der Waals surface area contributed by atoms with Crippen molar-refractivity contribution >= 4 is 0 Å². The predicted molar refractivity (Wildman–Crippen MR) is 39.2 cm³/mol. The Kier molecular flexibility index (Phi) is 3.34. The number of aliphatic hydroxyl groups is 1. The molecule has 1 N–H and O–H groups in total. The molecule has 1 aromatic heterocycles. The molecule has 0 atom stereocenters. The highest BCUT2D eigenvalue weighted by Gasteiger charge is 1.91. The van der Waals surface area contributed by atoms with Gasteiger partial charge in [-0.2, -0.15) is 0 Å². The van der Waals surface area contributed by atoms with Gasteiger partial charge in [0, 0.05) is 25.4 Å². The van der Waals surface area contributed by atoms with E-state index in [0.29, 0.717) is 18.9 Å². The average Bonchev–Trinajstić information content (AvgIpc) is 2.07. The van der Waals surface area contributed by atoms with Gasteiger partial charge in [-0.1, -0.05) is 0 Å². The topological polar surface area (TPSA) is 55.2 Å². The van der Waals surface area contributed by atoms with Gasteiger partial charge in [0.2, 0.25) is 5.88 Å². The van der Waals surface area contributed by atoms with Gasteiger partial charge < -0.3 is 9.84 Å². The molecule has 0 spiro atoms. The second kappa shape index (κ2) is 4.62. The first-order chi connectivity index (χ1) is 5.43. The highest BCUT2D eigenvalue weighted by atomic mass is 16.5. The number of ether oxygens (including phenoxy) is 1. The third kappa shape index (κ3) is 2.95. The molecule has 0 bridgehead atoms. The van der Waals surface area contributed by atoms with Gasteiger partial charge in [0.1, 0.15) is 0 Å². The van der Waals surface area contributed by atoms with Gasteiger partial charge in [0.25, 0.3) is 0 Å². The summed E-state index contributed by atoms with van der Waals surface area (Å²) in [7, 11) is 0. The molecule has 60 valence electrons. The molecule has 0 aliphatic rings. The van der Waals surface area contributed by atoms with E-state index >= 15 is 0 Å². The summed E-state index contributed by atoms with van der Waals surface area (Å²) in [6, 6.07) is 0. The lowest BCUT2D eigenvalue weighted by Gasteiger charge is -2.00. The molecule has 0 radical (unpaired) electrons. The van der Waals surface area contributed by atoms with Crippen LogP contribution in [-0.4, -0.2) is 28.3 Å². The van der Waals surface area contributed by atoms with Crippen LogP contribution in [0, 0.1) is 0 Å². The van der Waals surface area contributed by atoms with Crippen LogP contribution in [-0.2, 0) is 0 Å². The molecule has 1 rings (SSSR count). The van der Waals surface area contributed by atoms with Gasteiger partial charge in [-0.3, -0.25) is 4.98 Å². The van der Waals surface area contributed by atoms with Gasteiger partial charge in [-0.25, -0.2) is 4.98 Å². The maximum Gasteiger partial charge on any atom is 0.232 e. The van der Waals surface area contributed by atoms with Crippen LogP contribution in [0.3, 0.4) is 0 Å². The lowest BCUT2D eigenvalue weighted by atomic mass is 10.5. The van der Waals surface area contributed by atoms with E-state index in [4.69, 9.17) is 9.84 Å². The number of hydrogen-bond acceptors (Lipinski definition) is 4. The molecule has 0 aliphatic carbocycles. The first kappa shape index (κ1) is 7.94. The summed E-state index contributed by atoms with van der Waals surface area (Å²) in [5.41, 5.74) is 0. The maximum absolute atomic E-state index is 8.43. The van der Waals surface area contributed by atoms with E-state index in [2.05, 4.69) is 9.97 Å². The summed E-state index contributed by atoms with van der Waals surface area (Å²) < 4.78 is 5.11. The number of hydrogen-bond donors (Lipinski definition) is 1. The van der Waals surface area contributed by atoms with Crippen molar-refractivity contribution < 1.29 is 9.84 Å². The quantitative estimate of drug-likeness (QED) is 0.631. The molecule has 4 nitrogen and oxygen atoms in total. The minimum Gasteiger partial charge on any atom is -0.476 e. The predicted octanol–water partition coefficient (Wildman–Crippen LogP) is 0.238. The minimum absolute atomic E-state index is 0.139. The van der Waals surface area contributed by atoms with E-state index in [1.165, 1.54) is 6.20 Å². The van der Waals surface area contributed by atoms with Gasteiger partial charge >= 0.3 is 0 Å². The number of rotatable bonds is 4. The van der Waals surface area contributed by atoms with Crippen molar-refractivity contribution in [3.63, 3.8) is 0 Å². The van der Waals surface area contributed by atoms with Crippen LogP contribution in [0.5, 0.6) is 5.88 Å². The molecule has 4 heteroatoms. The van der Waals surface area contributed by atoms with Crippen LogP contribution in [0.4, 0.5) is 0 Å². The van der Waals surface area contributed by atoms with Gasteiger partial charge in [0.15, 0.2) is 0 Å². The smallest absolute Gasteiger partial charge is 0.232 e. The Morgan fingerprint density at radius 2 is 2.36 bits per heavy atom. The average molecular weight is 154 g/mol. The molecule has 1 heterocycles. The van der Waals surface area contributed by atoms with Crippen molar-refractivity contribution in [1.82, 2.24) is 9.97 Å².